The van der Waals surface area contributed by atoms with E-state index in [4.69, 9.17) is 10.5 Å². The van der Waals surface area contributed by atoms with Crippen molar-refractivity contribution in [3.63, 3.8) is 0 Å². The van der Waals surface area contributed by atoms with E-state index >= 15 is 0 Å². The lowest BCUT2D eigenvalue weighted by molar-refractivity contribution is 0.0971. The minimum absolute atomic E-state index is 0.0292. The van der Waals surface area contributed by atoms with Gasteiger partial charge in [0.15, 0.2) is 5.78 Å². The summed E-state index contributed by atoms with van der Waals surface area (Å²) in [5.41, 5.74) is 1.14. The zero-order valence-electron chi connectivity index (χ0n) is 11.7. The Labute approximate surface area is 128 Å². The Bertz CT molecular complexity index is 712. The lowest BCUT2D eigenvalue weighted by atomic mass is 9.83. The number of benzene rings is 2. The molecule has 0 N–H and O–H groups in total. The Morgan fingerprint density at radius 3 is 2.14 bits per heavy atom. The summed E-state index contributed by atoms with van der Waals surface area (Å²) in [6, 6.07) is 18.1. The Hall–Kier alpha value is -2.98. The number of hydrogen-bond acceptors (Lipinski definition) is 3. The maximum atomic E-state index is 13.0. The maximum absolute atomic E-state index is 13.0. The van der Waals surface area contributed by atoms with Gasteiger partial charge in [-0.05, 0) is 17.7 Å². The molecule has 2 aromatic carbocycles. The van der Waals surface area contributed by atoms with Crippen LogP contribution < -0.4 is 0 Å². The molecule has 2 rings (SSSR count). The van der Waals surface area contributed by atoms with Crippen molar-refractivity contribution in [1.29, 1.82) is 10.5 Å². The topological polar surface area (TPSA) is 64.7 Å². The molecule has 0 heterocycles. The SMILES string of the molecule is N#CC(C#N)[C@H](CC(=O)c1ccccc1)c1ccc(F)cc1. The maximum Gasteiger partial charge on any atom is 0.163 e. The van der Waals surface area contributed by atoms with Crippen molar-refractivity contribution in [3.05, 3.63) is 71.5 Å². The van der Waals surface area contributed by atoms with Crippen molar-refractivity contribution in [1.82, 2.24) is 0 Å². The number of rotatable bonds is 5. The summed E-state index contributed by atoms with van der Waals surface area (Å²) < 4.78 is 13.0. The van der Waals surface area contributed by atoms with E-state index in [2.05, 4.69) is 0 Å². The summed E-state index contributed by atoms with van der Waals surface area (Å²) >= 11 is 0. The Kier molecular flexibility index (Phi) is 5.01. The van der Waals surface area contributed by atoms with Crippen LogP contribution in [0.3, 0.4) is 0 Å². The van der Waals surface area contributed by atoms with E-state index in [-0.39, 0.29) is 12.2 Å². The summed E-state index contributed by atoms with van der Waals surface area (Å²) in [5, 5.41) is 18.3. The summed E-state index contributed by atoms with van der Waals surface area (Å²) in [6.07, 6.45) is 0.0292. The van der Waals surface area contributed by atoms with Gasteiger partial charge in [-0.15, -0.1) is 0 Å². The van der Waals surface area contributed by atoms with Crippen LogP contribution in [-0.4, -0.2) is 5.78 Å². The highest BCUT2D eigenvalue weighted by atomic mass is 19.1. The van der Waals surface area contributed by atoms with Crippen LogP contribution in [0.5, 0.6) is 0 Å². The Morgan fingerprint density at radius 2 is 1.59 bits per heavy atom. The van der Waals surface area contributed by atoms with Crippen molar-refractivity contribution in [3.8, 4) is 12.1 Å². The minimum Gasteiger partial charge on any atom is -0.294 e. The smallest absolute Gasteiger partial charge is 0.163 e. The molecule has 3 nitrogen and oxygen atoms in total. The van der Waals surface area contributed by atoms with Gasteiger partial charge in [-0.1, -0.05) is 42.5 Å². The van der Waals surface area contributed by atoms with Crippen LogP contribution in [-0.2, 0) is 0 Å². The lowest BCUT2D eigenvalue weighted by Crippen LogP contribution is -2.15. The molecule has 0 unspecified atom stereocenters. The first kappa shape index (κ1) is 15.4. The zero-order chi connectivity index (χ0) is 15.9. The molecule has 2 aromatic rings. The van der Waals surface area contributed by atoms with Gasteiger partial charge in [0, 0.05) is 17.9 Å². The molecule has 4 heteroatoms. The van der Waals surface area contributed by atoms with Crippen molar-refractivity contribution >= 4 is 5.78 Å². The normalized spacial score (nSPS) is 11.5. The van der Waals surface area contributed by atoms with Crippen LogP contribution in [0.4, 0.5) is 4.39 Å². The number of ketones is 1. The number of carbonyl (C=O) groups is 1. The number of halogens is 1. The van der Waals surface area contributed by atoms with Crippen molar-refractivity contribution < 1.29 is 9.18 Å². The standard InChI is InChI=1S/C18H13FN2O/c19-16-8-6-13(7-9-16)17(15(11-20)12-21)10-18(22)14-4-2-1-3-5-14/h1-9,15,17H,10H2/t17-/m1/s1. The van der Waals surface area contributed by atoms with Crippen LogP contribution in [0, 0.1) is 34.4 Å². The molecule has 0 aliphatic carbocycles. The third-order valence-electron chi connectivity index (χ3n) is 3.48. The summed E-state index contributed by atoms with van der Waals surface area (Å²) in [4.78, 5) is 12.3. The molecule has 22 heavy (non-hydrogen) atoms. The molecule has 0 aliphatic rings. The third-order valence-corrected chi connectivity index (χ3v) is 3.48. The van der Waals surface area contributed by atoms with Crippen LogP contribution in [0.15, 0.2) is 54.6 Å². The first-order valence-corrected chi connectivity index (χ1v) is 6.78. The number of Topliss-reactive ketones (excluding diaryl/α,β-unsaturated/α-hetero) is 1. The number of nitriles is 2. The fraction of sp³-hybridized carbons (Fsp3) is 0.167. The van der Waals surface area contributed by atoms with Crippen LogP contribution in [0.1, 0.15) is 28.3 Å². The van der Waals surface area contributed by atoms with Gasteiger partial charge in [-0.3, -0.25) is 4.79 Å². The summed E-state index contributed by atoms with van der Waals surface area (Å²) in [6.45, 7) is 0. The Morgan fingerprint density at radius 1 is 1.00 bits per heavy atom. The van der Waals surface area contributed by atoms with Crippen LogP contribution in [0.2, 0.25) is 0 Å². The molecule has 108 valence electrons. The van der Waals surface area contributed by atoms with Gasteiger partial charge < -0.3 is 0 Å². The Balaban J connectivity index is 2.30. The van der Waals surface area contributed by atoms with Gasteiger partial charge in [-0.2, -0.15) is 10.5 Å². The molecule has 0 fully saturated rings. The van der Waals surface area contributed by atoms with Gasteiger partial charge in [-0.25, -0.2) is 4.39 Å². The minimum atomic E-state index is -0.960. The van der Waals surface area contributed by atoms with E-state index in [0.29, 0.717) is 11.1 Å². The molecule has 0 amide bonds. The fourth-order valence-corrected chi connectivity index (χ4v) is 2.29. The lowest BCUT2D eigenvalue weighted by Gasteiger charge is -2.17. The van der Waals surface area contributed by atoms with E-state index in [1.165, 1.54) is 24.3 Å². The second-order valence-electron chi connectivity index (χ2n) is 4.89. The van der Waals surface area contributed by atoms with Crippen molar-refractivity contribution in [2.75, 3.05) is 0 Å². The van der Waals surface area contributed by atoms with Gasteiger partial charge >= 0.3 is 0 Å². The van der Waals surface area contributed by atoms with Crippen LogP contribution >= 0.6 is 0 Å². The molecule has 0 saturated carbocycles. The number of carbonyl (C=O) groups excluding carboxylic acids is 1. The average molecular weight is 292 g/mol. The molecule has 0 bridgehead atoms. The van der Waals surface area contributed by atoms with Gasteiger partial charge in [0.25, 0.3) is 0 Å². The molecular formula is C18H13FN2O. The van der Waals surface area contributed by atoms with E-state index in [1.54, 1.807) is 24.3 Å². The zero-order valence-corrected chi connectivity index (χ0v) is 11.7. The van der Waals surface area contributed by atoms with E-state index in [0.717, 1.165) is 0 Å². The summed E-state index contributed by atoms with van der Waals surface area (Å²) in [7, 11) is 0. The van der Waals surface area contributed by atoms with Gasteiger partial charge in [0.2, 0.25) is 0 Å². The highest BCUT2D eigenvalue weighted by molar-refractivity contribution is 5.96. The predicted octanol–water partition coefficient (Wildman–Crippen LogP) is 3.85. The first-order chi connectivity index (χ1) is 10.7. The average Bonchev–Trinajstić information content (AvgIpc) is 2.56. The third kappa shape index (κ3) is 3.56. The monoisotopic (exact) mass is 292 g/mol. The van der Waals surface area contributed by atoms with Crippen LogP contribution in [0.25, 0.3) is 0 Å². The van der Waals surface area contributed by atoms with Gasteiger partial charge in [0.1, 0.15) is 11.7 Å². The number of nitrogens with zero attached hydrogens (tertiary/aromatic N) is 2. The molecule has 0 aromatic heterocycles. The van der Waals surface area contributed by atoms with E-state index in [1.807, 2.05) is 18.2 Å². The van der Waals surface area contributed by atoms with Crippen molar-refractivity contribution in [2.24, 2.45) is 5.92 Å². The molecule has 0 spiro atoms. The largest absolute Gasteiger partial charge is 0.294 e. The number of hydrogen-bond donors (Lipinski definition) is 0. The predicted molar refractivity (Wildman–Crippen MR) is 79.2 cm³/mol. The molecule has 0 saturated heterocycles. The first-order valence-electron chi connectivity index (χ1n) is 6.78. The molecular weight excluding hydrogens is 279 g/mol. The van der Waals surface area contributed by atoms with Crippen molar-refractivity contribution in [2.45, 2.75) is 12.3 Å². The fourth-order valence-electron chi connectivity index (χ4n) is 2.29. The summed E-state index contributed by atoms with van der Waals surface area (Å²) in [5.74, 6) is -2.09. The quantitative estimate of drug-likeness (QED) is 0.786. The second kappa shape index (κ2) is 7.15. The molecule has 0 radical (unpaired) electrons. The highest BCUT2D eigenvalue weighted by Gasteiger charge is 2.26. The second-order valence-corrected chi connectivity index (χ2v) is 4.89. The molecule has 1 atom stereocenters. The van der Waals surface area contributed by atoms with Gasteiger partial charge in [0.05, 0.1) is 12.1 Å². The van der Waals surface area contributed by atoms with E-state index in [9.17, 15) is 9.18 Å². The molecule has 0 aliphatic heterocycles. The highest BCUT2D eigenvalue weighted by Crippen LogP contribution is 2.29. The van der Waals surface area contributed by atoms with E-state index < -0.39 is 17.7 Å².